The van der Waals surface area contributed by atoms with Crippen LogP contribution in [-0.4, -0.2) is 0 Å². The number of hydrogen-bond donors (Lipinski definition) is 0. The molecule has 0 fully saturated rings. The number of fused-ring (bicyclic) bond motifs is 1. The van der Waals surface area contributed by atoms with Crippen LogP contribution in [0.5, 0.6) is 0 Å². The molecule has 0 saturated carbocycles. The second-order valence-electron chi connectivity index (χ2n) is 4.37. The van der Waals surface area contributed by atoms with Crippen molar-refractivity contribution in [3.63, 3.8) is 0 Å². The maximum absolute atomic E-state index is 3.60. The van der Waals surface area contributed by atoms with Crippen molar-refractivity contribution < 1.29 is 25.8 Å². The molecule has 106 valence electrons. The zero-order valence-corrected chi connectivity index (χ0v) is 16.3. The molecule has 0 aliphatic heterocycles. The van der Waals surface area contributed by atoms with Crippen molar-refractivity contribution in [1.29, 1.82) is 0 Å². The van der Waals surface area contributed by atoms with Gasteiger partial charge in [-0.05, 0) is 0 Å². The van der Waals surface area contributed by atoms with Crippen molar-refractivity contribution in [3.05, 3.63) is 55.8 Å². The molecule has 0 spiro atoms. The fraction of sp³-hybridized carbons (Fsp3) is 0.389. The maximum atomic E-state index is 3.60. The molecule has 0 amide bonds. The van der Waals surface area contributed by atoms with Crippen molar-refractivity contribution in [2.24, 2.45) is 0 Å². The van der Waals surface area contributed by atoms with Gasteiger partial charge in [0.05, 0.1) is 0 Å². The monoisotopic (exact) mass is 423 g/mol. The Morgan fingerprint density at radius 2 is 1.47 bits per heavy atom. The Hall–Kier alpha value is -0.300. The van der Waals surface area contributed by atoms with E-state index in [-0.39, 0.29) is 25.8 Å². The molecule has 0 unspecified atom stereocenters. The molecule has 0 aliphatic carbocycles. The maximum Gasteiger partial charge on any atom is 0 e. The Labute approximate surface area is 138 Å². The molecule has 2 aromatic rings. The van der Waals surface area contributed by atoms with Crippen LogP contribution in [0.2, 0.25) is 0 Å². The molecular formula is C18H27Hf-3. The van der Waals surface area contributed by atoms with E-state index in [1.807, 2.05) is 0 Å². The molecule has 0 heterocycles. The minimum atomic E-state index is 0. The van der Waals surface area contributed by atoms with E-state index in [9.17, 15) is 0 Å². The molecule has 0 atom stereocenters. The van der Waals surface area contributed by atoms with E-state index < -0.39 is 0 Å². The first-order chi connectivity index (χ1) is 8.69. The standard InChI is InChI=1S/C10H9.2C4H9.Hf/c1-8-6-9-4-2-3-5-10(9)7-8;2*1-3-4-2;/h2-7H,1H3;2*1,3-4H2,2H3;/q3*-1;. The summed E-state index contributed by atoms with van der Waals surface area (Å²) < 4.78 is 0. The van der Waals surface area contributed by atoms with Crippen LogP contribution in [0, 0.1) is 20.8 Å². The SMILES string of the molecule is Cc1cc2ccccc2[cH-]1.[CH2-]CCC.[CH2-]CCC.[Hf]. The Morgan fingerprint density at radius 3 is 1.89 bits per heavy atom. The minimum Gasteiger partial charge on any atom is -0.343 e. The van der Waals surface area contributed by atoms with Gasteiger partial charge < -0.3 is 13.8 Å². The molecular weight excluding hydrogens is 395 g/mol. The summed E-state index contributed by atoms with van der Waals surface area (Å²) in [5.41, 5.74) is 1.35. The molecule has 1 heteroatoms. The molecule has 0 nitrogen and oxygen atoms in total. The molecule has 0 bridgehead atoms. The van der Waals surface area contributed by atoms with Gasteiger partial charge in [-0.2, -0.15) is 18.9 Å². The summed E-state index contributed by atoms with van der Waals surface area (Å²) in [6.45, 7) is 13.6. The van der Waals surface area contributed by atoms with Gasteiger partial charge in [-0.3, -0.25) is 0 Å². The molecule has 0 N–H and O–H groups in total. The molecule has 0 radical (unpaired) electrons. The van der Waals surface area contributed by atoms with Crippen LogP contribution in [0.1, 0.15) is 45.1 Å². The smallest absolute Gasteiger partial charge is 0 e. The molecule has 0 saturated heterocycles. The summed E-state index contributed by atoms with van der Waals surface area (Å²) in [5, 5.41) is 2.69. The summed E-state index contributed by atoms with van der Waals surface area (Å²) in [7, 11) is 0. The normalized spacial score (nSPS) is 8.68. The Balaban J connectivity index is 0. The van der Waals surface area contributed by atoms with Crippen LogP contribution in [0.3, 0.4) is 0 Å². The molecule has 0 aromatic heterocycles. The average Bonchev–Trinajstić information content (AvgIpc) is 2.79. The number of hydrogen-bond acceptors (Lipinski definition) is 0. The third-order valence-electron chi connectivity index (χ3n) is 2.47. The van der Waals surface area contributed by atoms with Gasteiger partial charge in [0.1, 0.15) is 0 Å². The van der Waals surface area contributed by atoms with Gasteiger partial charge in [-0.25, -0.2) is 0 Å². The van der Waals surface area contributed by atoms with E-state index in [2.05, 4.69) is 71.0 Å². The molecule has 2 aromatic carbocycles. The summed E-state index contributed by atoms with van der Waals surface area (Å²) in [4.78, 5) is 0. The van der Waals surface area contributed by atoms with Gasteiger partial charge in [0, 0.05) is 25.8 Å². The summed E-state index contributed by atoms with van der Waals surface area (Å²) in [5.74, 6) is 0. The quantitative estimate of drug-likeness (QED) is 0.405. The number of aryl methyl sites for hydroxylation is 1. The van der Waals surface area contributed by atoms with E-state index in [1.54, 1.807) is 0 Å². The Kier molecular flexibility index (Phi) is 15.6. The van der Waals surface area contributed by atoms with E-state index in [4.69, 9.17) is 0 Å². The first-order valence-electron chi connectivity index (χ1n) is 6.90. The van der Waals surface area contributed by atoms with Gasteiger partial charge in [-0.15, -0.1) is 40.6 Å². The van der Waals surface area contributed by atoms with Crippen LogP contribution in [0.25, 0.3) is 10.8 Å². The van der Waals surface area contributed by atoms with Gasteiger partial charge in [-0.1, -0.05) is 39.7 Å². The van der Waals surface area contributed by atoms with Crippen molar-refractivity contribution >= 4 is 10.8 Å². The van der Waals surface area contributed by atoms with Crippen LogP contribution in [-0.2, 0) is 25.8 Å². The van der Waals surface area contributed by atoms with Crippen molar-refractivity contribution in [2.45, 2.75) is 46.5 Å². The van der Waals surface area contributed by atoms with E-state index in [1.165, 1.54) is 29.2 Å². The second-order valence-corrected chi connectivity index (χ2v) is 4.37. The van der Waals surface area contributed by atoms with E-state index in [0.717, 1.165) is 12.8 Å². The predicted molar refractivity (Wildman–Crippen MR) is 84.8 cm³/mol. The van der Waals surface area contributed by atoms with Gasteiger partial charge in [0.2, 0.25) is 0 Å². The minimum absolute atomic E-state index is 0. The fourth-order valence-electron chi connectivity index (χ4n) is 1.31. The van der Waals surface area contributed by atoms with E-state index in [0.29, 0.717) is 0 Å². The third kappa shape index (κ3) is 10.2. The molecule has 19 heavy (non-hydrogen) atoms. The fourth-order valence-corrected chi connectivity index (χ4v) is 1.31. The average molecular weight is 422 g/mol. The zero-order valence-electron chi connectivity index (χ0n) is 12.7. The van der Waals surface area contributed by atoms with Crippen molar-refractivity contribution in [1.82, 2.24) is 0 Å². The summed E-state index contributed by atoms with van der Waals surface area (Å²) in [6, 6.07) is 12.8. The second kappa shape index (κ2) is 14.1. The van der Waals surface area contributed by atoms with Crippen LogP contribution in [0.4, 0.5) is 0 Å². The summed E-state index contributed by atoms with van der Waals surface area (Å²) >= 11 is 0. The number of rotatable bonds is 2. The Morgan fingerprint density at radius 1 is 1.00 bits per heavy atom. The third-order valence-corrected chi connectivity index (χ3v) is 2.47. The van der Waals surface area contributed by atoms with Gasteiger partial charge >= 0.3 is 0 Å². The van der Waals surface area contributed by atoms with E-state index >= 15 is 0 Å². The zero-order chi connectivity index (χ0) is 13.8. The van der Waals surface area contributed by atoms with Gasteiger partial charge in [0.25, 0.3) is 0 Å². The number of benzene rings is 1. The number of unbranched alkanes of at least 4 members (excludes halogenated alkanes) is 2. The predicted octanol–water partition coefficient (Wildman–Crippen LogP) is 6.11. The van der Waals surface area contributed by atoms with Gasteiger partial charge in [0.15, 0.2) is 0 Å². The first kappa shape index (κ1) is 21.0. The summed E-state index contributed by atoms with van der Waals surface area (Å²) in [6.07, 6.45) is 4.56. The first-order valence-corrected chi connectivity index (χ1v) is 6.90. The van der Waals surface area contributed by atoms with Crippen LogP contribution < -0.4 is 0 Å². The molecule has 2 rings (SSSR count). The van der Waals surface area contributed by atoms with Crippen LogP contribution in [0.15, 0.2) is 36.4 Å². The van der Waals surface area contributed by atoms with Crippen molar-refractivity contribution in [3.8, 4) is 0 Å². The topological polar surface area (TPSA) is 0 Å². The van der Waals surface area contributed by atoms with Crippen LogP contribution >= 0.6 is 0 Å². The Bertz CT molecular complexity index is 360. The van der Waals surface area contributed by atoms with Crippen molar-refractivity contribution in [2.75, 3.05) is 0 Å². The largest absolute Gasteiger partial charge is 0.343 e. The molecule has 0 aliphatic rings.